The van der Waals surface area contributed by atoms with Gasteiger partial charge in [-0.05, 0) is 54.7 Å². The molecule has 0 saturated carbocycles. The fourth-order valence-corrected chi connectivity index (χ4v) is 5.33. The Labute approximate surface area is 213 Å². The molecule has 1 amide bonds. The Morgan fingerprint density at radius 1 is 0.973 bits per heavy atom. The number of allylic oxidation sites excluding steroid dienone is 2. The van der Waals surface area contributed by atoms with Crippen molar-refractivity contribution in [2.75, 3.05) is 12.4 Å². The predicted octanol–water partition coefficient (Wildman–Crippen LogP) is 6.19. The van der Waals surface area contributed by atoms with Crippen LogP contribution in [0.5, 0.6) is 5.75 Å². The number of benzene rings is 3. The van der Waals surface area contributed by atoms with Crippen LogP contribution in [-0.2, 0) is 9.59 Å². The minimum Gasteiger partial charge on any atom is -0.497 e. The van der Waals surface area contributed by atoms with E-state index < -0.39 is 29.4 Å². The molecule has 1 aliphatic heterocycles. The first kappa shape index (κ1) is 24.6. The summed E-state index contributed by atoms with van der Waals surface area (Å²) in [7, 11) is 1.56. The molecule has 0 aromatic heterocycles. The highest BCUT2D eigenvalue weighted by Crippen LogP contribution is 2.47. The van der Waals surface area contributed by atoms with Crippen molar-refractivity contribution in [3.8, 4) is 5.75 Å². The van der Waals surface area contributed by atoms with Crippen LogP contribution in [0.4, 0.5) is 14.5 Å². The largest absolute Gasteiger partial charge is 0.497 e. The van der Waals surface area contributed by atoms with E-state index in [0.29, 0.717) is 41.6 Å². The van der Waals surface area contributed by atoms with Crippen LogP contribution in [0, 0.1) is 17.6 Å². The third kappa shape index (κ3) is 4.81. The average Bonchev–Trinajstić information content (AvgIpc) is 2.90. The van der Waals surface area contributed by atoms with Crippen LogP contribution in [0.25, 0.3) is 0 Å². The normalized spacial score (nSPS) is 21.2. The molecule has 2 aliphatic rings. The summed E-state index contributed by atoms with van der Waals surface area (Å²) in [6.07, 6.45) is 0.890. The number of methoxy groups -OCH3 is 1. The number of carbonyl (C=O) groups is 2. The number of halogens is 2. The van der Waals surface area contributed by atoms with Crippen molar-refractivity contribution in [3.05, 3.63) is 107 Å². The Morgan fingerprint density at radius 2 is 1.70 bits per heavy atom. The maximum absolute atomic E-state index is 14.4. The van der Waals surface area contributed by atoms with Gasteiger partial charge < -0.3 is 10.1 Å². The molecule has 0 fully saturated rings. The number of ketones is 1. The number of hydrogen-bond donors (Lipinski definition) is 1. The first-order valence-electron chi connectivity index (χ1n) is 12.1. The van der Waals surface area contributed by atoms with E-state index in [-0.39, 0.29) is 17.4 Å². The van der Waals surface area contributed by atoms with Gasteiger partial charge in [0.15, 0.2) is 5.78 Å². The minimum absolute atomic E-state index is 0.000736. The quantitative estimate of drug-likeness (QED) is 0.454. The zero-order valence-electron chi connectivity index (χ0n) is 20.5. The molecule has 1 heterocycles. The lowest BCUT2D eigenvalue weighted by molar-refractivity contribution is -0.119. The lowest BCUT2D eigenvalue weighted by atomic mass is 9.69. The summed E-state index contributed by atoms with van der Waals surface area (Å²) < 4.78 is 33.0. The molecule has 1 aliphatic carbocycles. The molecule has 1 N–H and O–H groups in total. The van der Waals surface area contributed by atoms with Gasteiger partial charge in [-0.3, -0.25) is 14.6 Å². The molecule has 5 rings (SSSR count). The van der Waals surface area contributed by atoms with Crippen LogP contribution < -0.4 is 10.1 Å². The summed E-state index contributed by atoms with van der Waals surface area (Å²) >= 11 is 0. The van der Waals surface area contributed by atoms with Crippen molar-refractivity contribution < 1.29 is 23.1 Å². The highest BCUT2D eigenvalue weighted by atomic mass is 19.1. The number of nitrogens with zero attached hydrogens (tertiary/aromatic N) is 1. The van der Waals surface area contributed by atoms with E-state index in [1.165, 1.54) is 6.07 Å². The second-order valence-corrected chi connectivity index (χ2v) is 9.39. The number of ether oxygens (including phenoxy) is 1. The standard InChI is InChI=1S/C30H26F2N2O3/c1-17-27(30(36)34-24-13-10-21(31)16-23(24)32)28(19-8-11-22(37-2)12-9-19)29-25(33-17)14-20(15-26(29)35)18-6-4-3-5-7-18/h3-13,16,20,27-28H,14-15H2,1-2H3,(H,34,36)/t20-,27?,28+/m1/s1. The van der Waals surface area contributed by atoms with Crippen molar-refractivity contribution >= 4 is 23.1 Å². The number of nitrogens with one attached hydrogen (secondary N) is 1. The summed E-state index contributed by atoms with van der Waals surface area (Å²) in [6, 6.07) is 20.1. The highest BCUT2D eigenvalue weighted by Gasteiger charge is 2.44. The van der Waals surface area contributed by atoms with Gasteiger partial charge in [-0.25, -0.2) is 8.78 Å². The number of aliphatic imine (C=N–C) groups is 1. The Balaban J connectivity index is 1.56. The molecule has 0 bridgehead atoms. The number of anilines is 1. The van der Waals surface area contributed by atoms with E-state index in [4.69, 9.17) is 9.73 Å². The number of rotatable bonds is 5. The maximum atomic E-state index is 14.4. The van der Waals surface area contributed by atoms with Crippen LogP contribution in [0.3, 0.4) is 0 Å². The summed E-state index contributed by atoms with van der Waals surface area (Å²) in [5.41, 5.74) is 3.42. The second-order valence-electron chi connectivity index (χ2n) is 9.39. The van der Waals surface area contributed by atoms with E-state index in [1.807, 2.05) is 42.5 Å². The molecule has 7 heteroatoms. The Hall–Kier alpha value is -4.13. The second kappa shape index (κ2) is 10.1. The summed E-state index contributed by atoms with van der Waals surface area (Å²) in [5.74, 6) is -3.00. The van der Waals surface area contributed by atoms with E-state index in [2.05, 4.69) is 5.32 Å². The van der Waals surface area contributed by atoms with Crippen LogP contribution >= 0.6 is 0 Å². The average molecular weight is 501 g/mol. The lowest BCUT2D eigenvalue weighted by Crippen LogP contribution is -2.39. The topological polar surface area (TPSA) is 67.8 Å². The van der Waals surface area contributed by atoms with Gasteiger partial charge in [-0.15, -0.1) is 0 Å². The highest BCUT2D eigenvalue weighted by molar-refractivity contribution is 6.13. The van der Waals surface area contributed by atoms with Crippen molar-refractivity contribution in [3.63, 3.8) is 0 Å². The van der Waals surface area contributed by atoms with Crippen LogP contribution in [0.2, 0.25) is 0 Å². The van der Waals surface area contributed by atoms with Crippen LogP contribution in [0.1, 0.15) is 42.7 Å². The van der Waals surface area contributed by atoms with Gasteiger partial charge in [0, 0.05) is 35.4 Å². The van der Waals surface area contributed by atoms with Gasteiger partial charge in [0.25, 0.3) is 0 Å². The molecule has 0 radical (unpaired) electrons. The molecule has 5 nitrogen and oxygen atoms in total. The summed E-state index contributed by atoms with van der Waals surface area (Å²) in [6.45, 7) is 1.75. The molecular formula is C30H26F2N2O3. The Bertz CT molecular complexity index is 1410. The van der Waals surface area contributed by atoms with E-state index in [9.17, 15) is 18.4 Å². The maximum Gasteiger partial charge on any atom is 0.234 e. The molecular weight excluding hydrogens is 474 g/mol. The van der Waals surface area contributed by atoms with Gasteiger partial charge in [0.2, 0.25) is 5.91 Å². The van der Waals surface area contributed by atoms with Gasteiger partial charge in [-0.1, -0.05) is 42.5 Å². The molecule has 188 valence electrons. The number of carbonyl (C=O) groups excluding carboxylic acids is 2. The van der Waals surface area contributed by atoms with Crippen molar-refractivity contribution in [2.24, 2.45) is 10.9 Å². The third-order valence-electron chi connectivity index (χ3n) is 7.11. The van der Waals surface area contributed by atoms with Crippen molar-refractivity contribution in [1.82, 2.24) is 0 Å². The molecule has 0 spiro atoms. The summed E-state index contributed by atoms with van der Waals surface area (Å²) in [5, 5.41) is 2.58. The fraction of sp³-hybridized carbons (Fsp3) is 0.233. The van der Waals surface area contributed by atoms with E-state index >= 15 is 0 Å². The monoisotopic (exact) mass is 500 g/mol. The number of amides is 1. The van der Waals surface area contributed by atoms with Crippen LogP contribution in [0.15, 0.2) is 89.1 Å². The van der Waals surface area contributed by atoms with Crippen molar-refractivity contribution in [1.29, 1.82) is 0 Å². The Kier molecular flexibility index (Phi) is 6.70. The van der Waals surface area contributed by atoms with E-state index in [1.54, 1.807) is 26.2 Å². The predicted molar refractivity (Wildman–Crippen MR) is 138 cm³/mol. The lowest BCUT2D eigenvalue weighted by Gasteiger charge is -2.37. The molecule has 37 heavy (non-hydrogen) atoms. The molecule has 3 atom stereocenters. The first-order valence-corrected chi connectivity index (χ1v) is 12.1. The molecule has 3 aromatic carbocycles. The van der Waals surface area contributed by atoms with Gasteiger partial charge >= 0.3 is 0 Å². The SMILES string of the molecule is COc1ccc([C@@H]2C3=C(C[C@@H](c4ccccc4)CC3=O)N=C(C)C2C(=O)Nc2ccc(F)cc2F)cc1. The van der Waals surface area contributed by atoms with Gasteiger partial charge in [0.05, 0.1) is 18.7 Å². The van der Waals surface area contributed by atoms with Crippen LogP contribution in [-0.4, -0.2) is 24.5 Å². The van der Waals surface area contributed by atoms with E-state index in [0.717, 1.165) is 17.2 Å². The molecule has 0 saturated heterocycles. The van der Waals surface area contributed by atoms with Gasteiger partial charge in [-0.2, -0.15) is 0 Å². The minimum atomic E-state index is -0.876. The van der Waals surface area contributed by atoms with Crippen molar-refractivity contribution in [2.45, 2.75) is 31.6 Å². The Morgan fingerprint density at radius 3 is 2.38 bits per heavy atom. The molecule has 3 aromatic rings. The fourth-order valence-electron chi connectivity index (χ4n) is 5.33. The zero-order chi connectivity index (χ0) is 26.1. The van der Waals surface area contributed by atoms with Gasteiger partial charge in [0.1, 0.15) is 17.4 Å². The third-order valence-corrected chi connectivity index (χ3v) is 7.11. The first-order chi connectivity index (χ1) is 17.9. The number of Topliss-reactive ketones (excluding diaryl/α,β-unsaturated/α-hetero) is 1. The number of hydrogen-bond acceptors (Lipinski definition) is 4. The summed E-state index contributed by atoms with van der Waals surface area (Å²) in [4.78, 5) is 32.0. The smallest absolute Gasteiger partial charge is 0.234 e. The zero-order valence-corrected chi connectivity index (χ0v) is 20.5. The molecule has 1 unspecified atom stereocenters.